The number of carbonyl (C=O) groups excluding carboxylic acids is 1. The van der Waals surface area contributed by atoms with Crippen LogP contribution in [-0.4, -0.2) is 19.2 Å². The Bertz CT molecular complexity index is 335. The lowest BCUT2D eigenvalue weighted by Crippen LogP contribution is -2.33. The van der Waals surface area contributed by atoms with Gasteiger partial charge in [-0.05, 0) is 19.4 Å². The second-order valence-corrected chi connectivity index (χ2v) is 3.56. The van der Waals surface area contributed by atoms with Gasteiger partial charge in [-0.3, -0.25) is 0 Å². The number of amides is 1. The van der Waals surface area contributed by atoms with Gasteiger partial charge in [-0.15, -0.1) is 0 Å². The van der Waals surface area contributed by atoms with Crippen molar-refractivity contribution in [2.75, 3.05) is 13.2 Å². The molecule has 1 amide bonds. The first-order valence-electron chi connectivity index (χ1n) is 5.37. The molecule has 16 heavy (non-hydrogen) atoms. The minimum Gasteiger partial charge on any atom is -0.450 e. The minimum atomic E-state index is -0.432. The van der Waals surface area contributed by atoms with Crippen LogP contribution in [0.2, 0.25) is 0 Å². The average molecular weight is 222 g/mol. The fourth-order valence-corrected chi connectivity index (χ4v) is 1.39. The van der Waals surface area contributed by atoms with Gasteiger partial charge in [0.1, 0.15) is 0 Å². The predicted octanol–water partition coefficient (Wildman–Crippen LogP) is 1.74. The SMILES string of the molecule is CCOC(=O)NC(CN)c1ccc(C)cc1. The molecule has 0 aliphatic heterocycles. The Morgan fingerprint density at radius 2 is 2.06 bits per heavy atom. The van der Waals surface area contributed by atoms with Crippen LogP contribution in [0.25, 0.3) is 0 Å². The summed E-state index contributed by atoms with van der Waals surface area (Å²) < 4.78 is 4.81. The van der Waals surface area contributed by atoms with Gasteiger partial charge < -0.3 is 15.8 Å². The molecular formula is C12H18N2O2. The fourth-order valence-electron chi connectivity index (χ4n) is 1.39. The third-order valence-electron chi connectivity index (χ3n) is 2.28. The van der Waals surface area contributed by atoms with Gasteiger partial charge in [-0.2, -0.15) is 0 Å². The molecule has 1 atom stereocenters. The van der Waals surface area contributed by atoms with Gasteiger partial charge in [0.05, 0.1) is 12.6 Å². The molecule has 1 unspecified atom stereocenters. The molecule has 0 bridgehead atoms. The highest BCUT2D eigenvalue weighted by Gasteiger charge is 2.12. The van der Waals surface area contributed by atoms with Crippen LogP contribution in [0.15, 0.2) is 24.3 Å². The summed E-state index contributed by atoms with van der Waals surface area (Å²) in [6.07, 6.45) is -0.432. The molecule has 3 N–H and O–H groups in total. The van der Waals surface area contributed by atoms with Crippen LogP contribution in [0.1, 0.15) is 24.1 Å². The van der Waals surface area contributed by atoms with Crippen LogP contribution in [-0.2, 0) is 4.74 Å². The van der Waals surface area contributed by atoms with Gasteiger partial charge in [-0.1, -0.05) is 29.8 Å². The van der Waals surface area contributed by atoms with Crippen molar-refractivity contribution in [2.24, 2.45) is 5.73 Å². The van der Waals surface area contributed by atoms with E-state index < -0.39 is 6.09 Å². The second-order valence-electron chi connectivity index (χ2n) is 3.56. The van der Waals surface area contributed by atoms with Crippen LogP contribution in [0.4, 0.5) is 4.79 Å². The van der Waals surface area contributed by atoms with E-state index in [1.54, 1.807) is 6.92 Å². The third kappa shape index (κ3) is 3.55. The summed E-state index contributed by atoms with van der Waals surface area (Å²) in [4.78, 5) is 11.3. The molecule has 0 aliphatic carbocycles. The number of ether oxygens (including phenoxy) is 1. The van der Waals surface area contributed by atoms with Crippen molar-refractivity contribution < 1.29 is 9.53 Å². The maximum Gasteiger partial charge on any atom is 0.407 e. The molecule has 4 heteroatoms. The second kappa shape index (κ2) is 6.12. The van der Waals surface area contributed by atoms with Crippen LogP contribution >= 0.6 is 0 Å². The Kier molecular flexibility index (Phi) is 4.79. The molecule has 88 valence electrons. The molecular weight excluding hydrogens is 204 g/mol. The van der Waals surface area contributed by atoms with Gasteiger partial charge in [-0.25, -0.2) is 4.79 Å². The maximum absolute atomic E-state index is 11.3. The van der Waals surface area contributed by atoms with Crippen molar-refractivity contribution in [3.05, 3.63) is 35.4 Å². The lowest BCUT2D eigenvalue weighted by Gasteiger charge is -2.16. The molecule has 0 spiro atoms. The Balaban J connectivity index is 2.67. The summed E-state index contributed by atoms with van der Waals surface area (Å²) in [6.45, 7) is 4.49. The van der Waals surface area contributed by atoms with Gasteiger partial charge in [0.2, 0.25) is 0 Å². The van der Waals surface area contributed by atoms with Crippen LogP contribution in [0.3, 0.4) is 0 Å². The first-order valence-corrected chi connectivity index (χ1v) is 5.37. The standard InChI is InChI=1S/C12H18N2O2/c1-3-16-12(15)14-11(8-13)10-6-4-9(2)5-7-10/h4-7,11H,3,8,13H2,1-2H3,(H,14,15). The normalized spacial score (nSPS) is 11.9. The molecule has 0 aromatic heterocycles. The zero-order chi connectivity index (χ0) is 12.0. The molecule has 1 aromatic carbocycles. The molecule has 0 heterocycles. The molecule has 4 nitrogen and oxygen atoms in total. The summed E-state index contributed by atoms with van der Waals surface area (Å²) in [7, 11) is 0. The Labute approximate surface area is 95.8 Å². The number of rotatable bonds is 4. The van der Waals surface area contributed by atoms with Crippen molar-refractivity contribution in [1.29, 1.82) is 0 Å². The number of hydrogen-bond donors (Lipinski definition) is 2. The lowest BCUT2D eigenvalue weighted by atomic mass is 10.1. The van der Waals surface area contributed by atoms with E-state index in [1.165, 1.54) is 5.56 Å². The number of benzene rings is 1. The van der Waals surface area contributed by atoms with Crippen molar-refractivity contribution in [2.45, 2.75) is 19.9 Å². The number of carbonyl (C=O) groups is 1. The lowest BCUT2D eigenvalue weighted by molar-refractivity contribution is 0.148. The molecule has 0 aliphatic rings. The van der Waals surface area contributed by atoms with E-state index in [2.05, 4.69) is 5.32 Å². The quantitative estimate of drug-likeness (QED) is 0.815. The monoisotopic (exact) mass is 222 g/mol. The number of nitrogens with one attached hydrogen (secondary N) is 1. The van der Waals surface area contributed by atoms with E-state index in [-0.39, 0.29) is 6.04 Å². The molecule has 0 saturated carbocycles. The van der Waals surface area contributed by atoms with Crippen LogP contribution < -0.4 is 11.1 Å². The van der Waals surface area contributed by atoms with E-state index >= 15 is 0 Å². The number of hydrogen-bond acceptors (Lipinski definition) is 3. The molecule has 0 saturated heterocycles. The largest absolute Gasteiger partial charge is 0.450 e. The summed E-state index contributed by atoms with van der Waals surface area (Å²) >= 11 is 0. The molecule has 0 radical (unpaired) electrons. The van der Waals surface area contributed by atoms with Gasteiger partial charge in [0, 0.05) is 6.54 Å². The highest BCUT2D eigenvalue weighted by atomic mass is 16.5. The van der Waals surface area contributed by atoms with Crippen molar-refractivity contribution in [3.8, 4) is 0 Å². The van der Waals surface area contributed by atoms with E-state index in [0.29, 0.717) is 13.2 Å². The number of aryl methyl sites for hydroxylation is 1. The molecule has 1 aromatic rings. The summed E-state index contributed by atoms with van der Waals surface area (Å²) in [5.41, 5.74) is 7.78. The number of alkyl carbamates (subject to hydrolysis) is 1. The van der Waals surface area contributed by atoms with Gasteiger partial charge in [0.15, 0.2) is 0 Å². The van der Waals surface area contributed by atoms with Crippen molar-refractivity contribution in [3.63, 3.8) is 0 Å². The van der Waals surface area contributed by atoms with Crippen LogP contribution in [0, 0.1) is 6.92 Å². The smallest absolute Gasteiger partial charge is 0.407 e. The molecule has 0 fully saturated rings. The van der Waals surface area contributed by atoms with Gasteiger partial charge in [0.25, 0.3) is 0 Å². The first kappa shape index (κ1) is 12.5. The highest BCUT2D eigenvalue weighted by Crippen LogP contribution is 2.12. The zero-order valence-electron chi connectivity index (χ0n) is 9.69. The van der Waals surface area contributed by atoms with Gasteiger partial charge >= 0.3 is 6.09 Å². The van der Waals surface area contributed by atoms with E-state index in [0.717, 1.165) is 5.56 Å². The van der Waals surface area contributed by atoms with Crippen molar-refractivity contribution in [1.82, 2.24) is 5.32 Å². The minimum absolute atomic E-state index is 0.195. The first-order chi connectivity index (χ1) is 7.67. The highest BCUT2D eigenvalue weighted by molar-refractivity contribution is 5.67. The topological polar surface area (TPSA) is 64.3 Å². The fraction of sp³-hybridized carbons (Fsp3) is 0.417. The van der Waals surface area contributed by atoms with Crippen LogP contribution in [0.5, 0.6) is 0 Å². The summed E-state index contributed by atoms with van der Waals surface area (Å²) in [5, 5.41) is 2.72. The summed E-state index contributed by atoms with van der Waals surface area (Å²) in [5.74, 6) is 0. The van der Waals surface area contributed by atoms with Crippen molar-refractivity contribution >= 4 is 6.09 Å². The Morgan fingerprint density at radius 1 is 1.44 bits per heavy atom. The van der Waals surface area contributed by atoms with E-state index in [1.807, 2.05) is 31.2 Å². The zero-order valence-corrected chi connectivity index (χ0v) is 9.69. The predicted molar refractivity (Wildman–Crippen MR) is 63.1 cm³/mol. The summed E-state index contributed by atoms with van der Waals surface area (Å²) in [6, 6.07) is 7.70. The Hall–Kier alpha value is -1.55. The number of nitrogens with two attached hydrogens (primary N) is 1. The maximum atomic E-state index is 11.3. The third-order valence-corrected chi connectivity index (χ3v) is 2.28. The molecule has 1 rings (SSSR count). The van der Waals surface area contributed by atoms with E-state index in [4.69, 9.17) is 10.5 Å². The average Bonchev–Trinajstić information content (AvgIpc) is 2.27. The van der Waals surface area contributed by atoms with E-state index in [9.17, 15) is 4.79 Å². The Morgan fingerprint density at radius 3 is 2.56 bits per heavy atom.